The van der Waals surface area contributed by atoms with Crippen LogP contribution in [0.1, 0.15) is 45.2 Å². The van der Waals surface area contributed by atoms with E-state index >= 15 is 0 Å². The Hall–Kier alpha value is -0.870. The Morgan fingerprint density at radius 3 is 2.94 bits per heavy atom. The van der Waals surface area contributed by atoms with E-state index in [1.165, 1.54) is 18.4 Å². The molecule has 0 aromatic carbocycles. The standard InChI is InChI=1S/C14H26N4/c1-4-17-10-13(9-16-17)12(3)18-6-5-11(2)7-14(18)8-15/h9-12,14H,4-8,15H2,1-3H3. The van der Waals surface area contributed by atoms with Crippen LogP contribution in [0.3, 0.4) is 0 Å². The molecular formula is C14H26N4. The Morgan fingerprint density at radius 2 is 2.33 bits per heavy atom. The van der Waals surface area contributed by atoms with Crippen molar-refractivity contribution < 1.29 is 0 Å². The molecule has 0 bridgehead atoms. The fraction of sp³-hybridized carbons (Fsp3) is 0.786. The van der Waals surface area contributed by atoms with Gasteiger partial charge in [0.2, 0.25) is 0 Å². The first kappa shape index (κ1) is 13.6. The van der Waals surface area contributed by atoms with Gasteiger partial charge >= 0.3 is 0 Å². The molecule has 0 spiro atoms. The molecule has 3 atom stereocenters. The molecule has 1 aliphatic heterocycles. The summed E-state index contributed by atoms with van der Waals surface area (Å²) < 4.78 is 2.00. The molecule has 0 radical (unpaired) electrons. The first-order chi connectivity index (χ1) is 8.65. The molecule has 4 heteroatoms. The number of piperidine rings is 1. The van der Waals surface area contributed by atoms with E-state index in [-0.39, 0.29) is 0 Å². The van der Waals surface area contributed by atoms with Crippen molar-refractivity contribution in [1.82, 2.24) is 14.7 Å². The quantitative estimate of drug-likeness (QED) is 0.889. The molecule has 0 amide bonds. The SMILES string of the molecule is CCn1cc(C(C)N2CCC(C)CC2CN)cn1. The summed E-state index contributed by atoms with van der Waals surface area (Å²) in [5.41, 5.74) is 7.25. The lowest BCUT2D eigenvalue weighted by atomic mass is 9.90. The number of aryl methyl sites for hydroxylation is 1. The normalized spacial score (nSPS) is 27.3. The maximum atomic E-state index is 5.94. The van der Waals surface area contributed by atoms with Crippen LogP contribution in [0.5, 0.6) is 0 Å². The molecule has 1 fully saturated rings. The van der Waals surface area contributed by atoms with Gasteiger partial charge in [0.25, 0.3) is 0 Å². The highest BCUT2D eigenvalue weighted by atomic mass is 15.3. The number of likely N-dealkylation sites (tertiary alicyclic amines) is 1. The maximum absolute atomic E-state index is 5.94. The Labute approximate surface area is 110 Å². The van der Waals surface area contributed by atoms with E-state index in [0.717, 1.165) is 25.6 Å². The van der Waals surface area contributed by atoms with E-state index in [0.29, 0.717) is 12.1 Å². The molecule has 1 aromatic heterocycles. The van der Waals surface area contributed by atoms with Gasteiger partial charge in [0.1, 0.15) is 0 Å². The van der Waals surface area contributed by atoms with Gasteiger partial charge in [-0.3, -0.25) is 9.58 Å². The highest BCUT2D eigenvalue weighted by Gasteiger charge is 2.29. The summed E-state index contributed by atoms with van der Waals surface area (Å²) in [6.07, 6.45) is 6.67. The third-order valence-electron chi connectivity index (χ3n) is 4.25. The van der Waals surface area contributed by atoms with Crippen LogP contribution in [0.2, 0.25) is 0 Å². The summed E-state index contributed by atoms with van der Waals surface area (Å²) in [7, 11) is 0. The van der Waals surface area contributed by atoms with Crippen LogP contribution in [0, 0.1) is 5.92 Å². The Morgan fingerprint density at radius 1 is 1.56 bits per heavy atom. The molecule has 0 aliphatic carbocycles. The fourth-order valence-electron chi connectivity index (χ4n) is 2.97. The third-order valence-corrected chi connectivity index (χ3v) is 4.25. The molecule has 2 heterocycles. The number of hydrogen-bond donors (Lipinski definition) is 1. The van der Waals surface area contributed by atoms with Gasteiger partial charge in [-0.05, 0) is 39.2 Å². The van der Waals surface area contributed by atoms with Crippen LogP contribution in [0.4, 0.5) is 0 Å². The summed E-state index contributed by atoms with van der Waals surface area (Å²) in [5.74, 6) is 0.806. The van der Waals surface area contributed by atoms with Gasteiger partial charge in [-0.1, -0.05) is 6.92 Å². The van der Waals surface area contributed by atoms with E-state index in [4.69, 9.17) is 5.73 Å². The molecule has 2 rings (SSSR count). The van der Waals surface area contributed by atoms with Crippen molar-refractivity contribution in [3.05, 3.63) is 18.0 Å². The van der Waals surface area contributed by atoms with E-state index in [1.54, 1.807) is 0 Å². The van der Waals surface area contributed by atoms with Gasteiger partial charge < -0.3 is 5.73 Å². The first-order valence-electron chi connectivity index (χ1n) is 7.13. The molecular weight excluding hydrogens is 224 g/mol. The molecule has 4 nitrogen and oxygen atoms in total. The molecule has 3 unspecified atom stereocenters. The fourth-order valence-corrected chi connectivity index (χ4v) is 2.97. The van der Waals surface area contributed by atoms with Crippen molar-refractivity contribution in [2.45, 2.75) is 52.2 Å². The first-order valence-corrected chi connectivity index (χ1v) is 7.13. The summed E-state index contributed by atoms with van der Waals surface area (Å²) in [5, 5.41) is 4.38. The topological polar surface area (TPSA) is 47.1 Å². The smallest absolute Gasteiger partial charge is 0.0537 e. The second kappa shape index (κ2) is 5.85. The van der Waals surface area contributed by atoms with Crippen LogP contribution >= 0.6 is 0 Å². The highest BCUT2D eigenvalue weighted by Crippen LogP contribution is 2.30. The minimum absolute atomic E-state index is 0.423. The summed E-state index contributed by atoms with van der Waals surface area (Å²) in [6, 6.07) is 0.945. The zero-order valence-corrected chi connectivity index (χ0v) is 11.8. The lowest BCUT2D eigenvalue weighted by molar-refractivity contribution is 0.0834. The van der Waals surface area contributed by atoms with E-state index in [9.17, 15) is 0 Å². The van der Waals surface area contributed by atoms with E-state index in [1.807, 2.05) is 10.9 Å². The van der Waals surface area contributed by atoms with E-state index in [2.05, 4.69) is 37.0 Å². The predicted molar refractivity (Wildman–Crippen MR) is 74.3 cm³/mol. The van der Waals surface area contributed by atoms with Gasteiger partial charge in [0.15, 0.2) is 0 Å². The van der Waals surface area contributed by atoms with Crippen molar-refractivity contribution in [2.75, 3.05) is 13.1 Å². The molecule has 1 saturated heterocycles. The van der Waals surface area contributed by atoms with Crippen molar-refractivity contribution >= 4 is 0 Å². The van der Waals surface area contributed by atoms with Gasteiger partial charge in [0.05, 0.1) is 6.20 Å². The van der Waals surface area contributed by atoms with Crippen LogP contribution in [-0.2, 0) is 6.54 Å². The van der Waals surface area contributed by atoms with Gasteiger partial charge in [0, 0.05) is 36.9 Å². The summed E-state index contributed by atoms with van der Waals surface area (Å²) in [4.78, 5) is 2.55. The average molecular weight is 250 g/mol. The number of hydrogen-bond acceptors (Lipinski definition) is 3. The summed E-state index contributed by atoms with van der Waals surface area (Å²) in [6.45, 7) is 9.57. The second-order valence-electron chi connectivity index (χ2n) is 5.56. The lowest BCUT2D eigenvalue weighted by Crippen LogP contribution is -2.47. The molecule has 18 heavy (non-hydrogen) atoms. The average Bonchev–Trinajstić information content (AvgIpc) is 2.86. The maximum Gasteiger partial charge on any atom is 0.0537 e. The van der Waals surface area contributed by atoms with Crippen molar-refractivity contribution in [3.63, 3.8) is 0 Å². The zero-order chi connectivity index (χ0) is 13.1. The summed E-state index contributed by atoms with van der Waals surface area (Å²) >= 11 is 0. The second-order valence-corrected chi connectivity index (χ2v) is 5.56. The van der Waals surface area contributed by atoms with Gasteiger partial charge in [-0.15, -0.1) is 0 Å². The molecule has 2 N–H and O–H groups in total. The minimum Gasteiger partial charge on any atom is -0.329 e. The number of nitrogens with zero attached hydrogens (tertiary/aromatic N) is 3. The Balaban J connectivity index is 2.09. The van der Waals surface area contributed by atoms with E-state index < -0.39 is 0 Å². The van der Waals surface area contributed by atoms with Crippen molar-refractivity contribution in [3.8, 4) is 0 Å². The number of aromatic nitrogens is 2. The van der Waals surface area contributed by atoms with Crippen LogP contribution in [-0.4, -0.2) is 33.8 Å². The molecule has 1 aromatic rings. The van der Waals surface area contributed by atoms with Crippen molar-refractivity contribution in [1.29, 1.82) is 0 Å². The van der Waals surface area contributed by atoms with Gasteiger partial charge in [-0.25, -0.2) is 0 Å². The predicted octanol–water partition coefficient (Wildman–Crippen LogP) is 2.02. The van der Waals surface area contributed by atoms with Gasteiger partial charge in [-0.2, -0.15) is 5.10 Å². The van der Waals surface area contributed by atoms with Crippen LogP contribution in [0.25, 0.3) is 0 Å². The zero-order valence-electron chi connectivity index (χ0n) is 11.8. The molecule has 0 saturated carbocycles. The third kappa shape index (κ3) is 2.75. The number of rotatable bonds is 4. The van der Waals surface area contributed by atoms with Crippen molar-refractivity contribution in [2.24, 2.45) is 11.7 Å². The monoisotopic (exact) mass is 250 g/mol. The Kier molecular flexibility index (Phi) is 4.40. The minimum atomic E-state index is 0.423. The largest absolute Gasteiger partial charge is 0.329 e. The highest BCUT2D eigenvalue weighted by molar-refractivity contribution is 5.10. The van der Waals surface area contributed by atoms with Crippen LogP contribution in [0.15, 0.2) is 12.4 Å². The van der Waals surface area contributed by atoms with Crippen LogP contribution < -0.4 is 5.73 Å². The Bertz CT molecular complexity index is 374. The lowest BCUT2D eigenvalue weighted by Gasteiger charge is -2.41. The molecule has 102 valence electrons. The number of nitrogens with two attached hydrogens (primary N) is 1. The molecule has 1 aliphatic rings.